The van der Waals surface area contributed by atoms with Crippen molar-refractivity contribution >= 4 is 59.2 Å². The molecule has 1 aliphatic heterocycles. The molecule has 0 aromatic heterocycles. The molecule has 0 bridgehead atoms. The van der Waals surface area contributed by atoms with Crippen LogP contribution < -0.4 is 19.5 Å². The number of fused-ring (bicyclic) bond motifs is 1. The Morgan fingerprint density at radius 2 is 1.53 bits per heavy atom. The number of halogens is 2. The number of para-hydroxylation sites is 1. The number of amides is 1. The van der Waals surface area contributed by atoms with Crippen molar-refractivity contribution in [1.29, 1.82) is 5.26 Å². The number of nitro benzene ring substituents is 1. The van der Waals surface area contributed by atoms with E-state index in [0.29, 0.717) is 32.6 Å². The third-order valence-corrected chi connectivity index (χ3v) is 12.7. The lowest BCUT2D eigenvalue weighted by atomic mass is 9.92. The monoisotopic (exact) mass is 949 g/mol. The standard InChI is InChI=1S/C45H37Br2N5O7S/c46-39-23-35-24-42(45(53)50-60(56,57)37-19-20-40(41(25-37)52(54)55)49-21-22-58-36-9-5-2-6-10-36)51(27-31-13-11-30(26-48)12-14-31)28-38(35)43(47)44(39)59-29-32-15-17-34(18-16-32)33-7-3-1-4-8-33/h1-20,23,25,42,49H,21-22,24,27-29H2,(H,50,53)/t42-/m0/s1. The maximum absolute atomic E-state index is 14.1. The third-order valence-electron chi connectivity index (χ3n) is 9.94. The summed E-state index contributed by atoms with van der Waals surface area (Å²) in [4.78, 5) is 26.9. The minimum atomic E-state index is -4.56. The van der Waals surface area contributed by atoms with Gasteiger partial charge in [-0.2, -0.15) is 5.26 Å². The average molecular weight is 952 g/mol. The number of rotatable bonds is 15. The molecule has 0 aliphatic carbocycles. The van der Waals surface area contributed by atoms with E-state index in [-0.39, 0.29) is 38.3 Å². The molecule has 0 unspecified atom stereocenters. The number of sulfonamides is 1. The van der Waals surface area contributed by atoms with Gasteiger partial charge in [0.05, 0.1) is 36.4 Å². The van der Waals surface area contributed by atoms with E-state index in [1.54, 1.807) is 36.4 Å². The molecule has 0 fully saturated rings. The number of nitrogens with one attached hydrogen (secondary N) is 2. The Hall–Kier alpha value is -6.05. The van der Waals surface area contributed by atoms with Gasteiger partial charge in [0.1, 0.15) is 30.4 Å². The highest BCUT2D eigenvalue weighted by Gasteiger charge is 2.36. The fourth-order valence-corrected chi connectivity index (χ4v) is 9.45. The van der Waals surface area contributed by atoms with E-state index in [1.807, 2.05) is 59.5 Å². The zero-order valence-corrected chi connectivity index (χ0v) is 35.9. The van der Waals surface area contributed by atoms with Gasteiger partial charge in [0, 0.05) is 25.7 Å². The predicted octanol–water partition coefficient (Wildman–Crippen LogP) is 9.16. The van der Waals surface area contributed by atoms with Crippen molar-refractivity contribution in [3.8, 4) is 28.7 Å². The summed E-state index contributed by atoms with van der Waals surface area (Å²) >= 11 is 7.43. The number of hydrogen-bond donors (Lipinski definition) is 2. The minimum absolute atomic E-state index is 0.0971. The van der Waals surface area contributed by atoms with Crippen LogP contribution >= 0.6 is 31.9 Å². The second-order valence-corrected chi connectivity index (χ2v) is 17.2. The molecule has 1 aliphatic rings. The second kappa shape index (κ2) is 18.9. The van der Waals surface area contributed by atoms with Crippen molar-refractivity contribution in [2.45, 2.75) is 37.1 Å². The summed E-state index contributed by atoms with van der Waals surface area (Å²) in [6.45, 7) is 1.19. The second-order valence-electron chi connectivity index (χ2n) is 13.9. The first-order chi connectivity index (χ1) is 29.0. The molecule has 6 aromatic rings. The van der Waals surface area contributed by atoms with Gasteiger partial charge in [-0.05, 0) is 114 Å². The fraction of sp³-hybridized carbons (Fsp3) is 0.156. The van der Waals surface area contributed by atoms with Crippen LogP contribution in [0.1, 0.15) is 27.8 Å². The highest BCUT2D eigenvalue weighted by molar-refractivity contribution is 9.11. The number of hydrogen-bond acceptors (Lipinski definition) is 10. The summed E-state index contributed by atoms with van der Waals surface area (Å²) in [5.74, 6) is 0.413. The molecule has 0 spiro atoms. The Morgan fingerprint density at radius 3 is 2.22 bits per heavy atom. The molecule has 15 heteroatoms. The zero-order valence-electron chi connectivity index (χ0n) is 31.9. The number of benzene rings is 6. The van der Waals surface area contributed by atoms with E-state index in [4.69, 9.17) is 9.47 Å². The molecule has 1 heterocycles. The normalized spacial score (nSPS) is 13.7. The van der Waals surface area contributed by atoms with Gasteiger partial charge in [0.2, 0.25) is 0 Å². The topological polar surface area (TPSA) is 164 Å². The summed E-state index contributed by atoms with van der Waals surface area (Å²) in [6, 6.07) is 40.7. The molecule has 12 nitrogen and oxygen atoms in total. The van der Waals surface area contributed by atoms with Crippen LogP contribution in [-0.4, -0.2) is 43.3 Å². The lowest BCUT2D eigenvalue weighted by Crippen LogP contribution is -2.51. The van der Waals surface area contributed by atoms with Crippen LogP contribution in [0, 0.1) is 21.4 Å². The van der Waals surface area contributed by atoms with E-state index in [1.165, 1.54) is 12.1 Å². The Labute approximate surface area is 364 Å². The first-order valence-electron chi connectivity index (χ1n) is 18.8. The van der Waals surface area contributed by atoms with E-state index >= 15 is 0 Å². The Morgan fingerprint density at radius 1 is 0.867 bits per heavy atom. The third kappa shape index (κ3) is 10.0. The molecule has 0 saturated heterocycles. The van der Waals surface area contributed by atoms with E-state index in [9.17, 15) is 28.6 Å². The van der Waals surface area contributed by atoms with Gasteiger partial charge in [-0.25, -0.2) is 13.1 Å². The Balaban J connectivity index is 1.09. The lowest BCUT2D eigenvalue weighted by molar-refractivity contribution is -0.384. The summed E-state index contributed by atoms with van der Waals surface area (Å²) in [7, 11) is -4.56. The van der Waals surface area contributed by atoms with Gasteiger partial charge in [0.25, 0.3) is 21.6 Å². The van der Waals surface area contributed by atoms with Crippen LogP contribution in [0.2, 0.25) is 0 Å². The van der Waals surface area contributed by atoms with Gasteiger partial charge >= 0.3 is 0 Å². The molecular weight excluding hydrogens is 914 g/mol. The van der Waals surface area contributed by atoms with Crippen LogP contribution in [0.15, 0.2) is 147 Å². The lowest BCUT2D eigenvalue weighted by Gasteiger charge is -2.37. The molecule has 0 radical (unpaired) electrons. The number of ether oxygens (including phenoxy) is 2. The number of nitriles is 1. The number of nitrogens with zero attached hydrogens (tertiary/aromatic N) is 3. The fourth-order valence-electron chi connectivity index (χ4n) is 6.86. The molecule has 6 aromatic carbocycles. The maximum atomic E-state index is 14.1. The largest absolute Gasteiger partial charge is 0.492 e. The number of carbonyl (C=O) groups is 1. The first kappa shape index (κ1) is 42.1. The molecule has 1 amide bonds. The van der Waals surface area contributed by atoms with E-state index < -0.39 is 37.5 Å². The van der Waals surface area contributed by atoms with Gasteiger partial charge in [-0.15, -0.1) is 0 Å². The van der Waals surface area contributed by atoms with Gasteiger partial charge in [-0.1, -0.05) is 84.9 Å². The van der Waals surface area contributed by atoms with Crippen molar-refractivity contribution in [3.05, 3.63) is 180 Å². The molecule has 7 rings (SSSR count). The highest BCUT2D eigenvalue weighted by Crippen LogP contribution is 2.42. The van der Waals surface area contributed by atoms with Crippen LogP contribution in [0.5, 0.6) is 11.5 Å². The number of carbonyl (C=O) groups excluding carboxylic acids is 1. The van der Waals surface area contributed by atoms with Crippen molar-refractivity contribution in [2.75, 3.05) is 18.5 Å². The van der Waals surface area contributed by atoms with Crippen LogP contribution in [0.3, 0.4) is 0 Å². The highest BCUT2D eigenvalue weighted by atomic mass is 79.9. The molecule has 0 saturated carbocycles. The minimum Gasteiger partial charge on any atom is -0.492 e. The van der Waals surface area contributed by atoms with Crippen molar-refractivity contribution in [2.24, 2.45) is 0 Å². The number of anilines is 1. The predicted molar refractivity (Wildman–Crippen MR) is 235 cm³/mol. The number of nitro groups is 1. The molecule has 1 atom stereocenters. The Kier molecular flexibility index (Phi) is 13.3. The Bertz CT molecular complexity index is 2660. The van der Waals surface area contributed by atoms with E-state index in [2.05, 4.69) is 72.2 Å². The average Bonchev–Trinajstić information content (AvgIpc) is 3.26. The summed E-state index contributed by atoms with van der Waals surface area (Å²) < 4.78 is 43.0. The van der Waals surface area contributed by atoms with Gasteiger partial charge in [-0.3, -0.25) is 19.8 Å². The molecule has 2 N–H and O–H groups in total. The smallest absolute Gasteiger partial charge is 0.293 e. The van der Waals surface area contributed by atoms with Gasteiger partial charge in [0.15, 0.2) is 0 Å². The van der Waals surface area contributed by atoms with Gasteiger partial charge < -0.3 is 14.8 Å². The van der Waals surface area contributed by atoms with Crippen molar-refractivity contribution < 1.29 is 27.6 Å². The van der Waals surface area contributed by atoms with Crippen LogP contribution in [0.25, 0.3) is 11.1 Å². The van der Waals surface area contributed by atoms with Crippen LogP contribution in [-0.2, 0) is 40.9 Å². The summed E-state index contributed by atoms with van der Waals surface area (Å²) in [6.07, 6.45) is 0.138. The molecule has 304 valence electrons. The zero-order chi connectivity index (χ0) is 42.2. The first-order valence-corrected chi connectivity index (χ1v) is 21.8. The van der Waals surface area contributed by atoms with Crippen molar-refractivity contribution in [3.63, 3.8) is 0 Å². The quantitative estimate of drug-likeness (QED) is 0.0577. The van der Waals surface area contributed by atoms with Crippen LogP contribution in [0.4, 0.5) is 11.4 Å². The van der Waals surface area contributed by atoms with E-state index in [0.717, 1.165) is 39.4 Å². The van der Waals surface area contributed by atoms with Crippen molar-refractivity contribution in [1.82, 2.24) is 9.62 Å². The molecular formula is C45H37Br2N5O7S. The summed E-state index contributed by atoms with van der Waals surface area (Å²) in [5, 5.41) is 24.3. The SMILES string of the molecule is N#Cc1ccc(CN2Cc3c(cc(Br)c(OCc4ccc(-c5ccccc5)cc4)c3Br)C[C@H]2C(=O)NS(=O)(=O)c2ccc(NCCOc3ccccc3)c([N+](=O)[O-])c2)cc1. The summed E-state index contributed by atoms with van der Waals surface area (Å²) in [5.41, 5.74) is 5.74. The molecule has 60 heavy (non-hydrogen) atoms. The maximum Gasteiger partial charge on any atom is 0.293 e.